The summed E-state index contributed by atoms with van der Waals surface area (Å²) in [4.78, 5) is 4.32. The van der Waals surface area contributed by atoms with Crippen LogP contribution in [-0.2, 0) is 5.88 Å². The quantitative estimate of drug-likeness (QED) is 0.729. The van der Waals surface area contributed by atoms with E-state index < -0.39 is 0 Å². The number of hydrogen-bond donors (Lipinski definition) is 0. The highest BCUT2D eigenvalue weighted by Gasteiger charge is 2.06. The summed E-state index contributed by atoms with van der Waals surface area (Å²) < 4.78 is 5.77. The second-order valence-electron chi connectivity index (χ2n) is 4.88. The zero-order chi connectivity index (χ0) is 13.8. The molecule has 0 amide bonds. The van der Waals surface area contributed by atoms with Gasteiger partial charge in [0, 0.05) is 6.07 Å². The van der Waals surface area contributed by atoms with Crippen LogP contribution in [0.1, 0.15) is 36.6 Å². The average Bonchev–Trinajstić information content (AvgIpc) is 2.38. The van der Waals surface area contributed by atoms with Crippen LogP contribution in [-0.4, -0.2) is 4.98 Å². The Hall–Kier alpha value is -1.54. The molecule has 2 rings (SSSR count). The van der Waals surface area contributed by atoms with Crippen LogP contribution in [0.4, 0.5) is 0 Å². The standard InChI is InChI=1S/C16H18ClNO/c1-11(2)15-8-7-14(9-12(15)3)19-16-6-4-5-13(10-17)18-16/h4-9,11H,10H2,1-3H3. The molecule has 0 radical (unpaired) electrons. The summed E-state index contributed by atoms with van der Waals surface area (Å²) in [5, 5.41) is 0. The molecule has 19 heavy (non-hydrogen) atoms. The number of ether oxygens (including phenoxy) is 1. The van der Waals surface area contributed by atoms with Crippen LogP contribution < -0.4 is 4.74 Å². The number of halogens is 1. The minimum atomic E-state index is 0.391. The van der Waals surface area contributed by atoms with Crippen molar-refractivity contribution >= 4 is 11.6 Å². The molecule has 0 aliphatic carbocycles. The van der Waals surface area contributed by atoms with E-state index in [0.29, 0.717) is 17.7 Å². The summed E-state index contributed by atoms with van der Waals surface area (Å²) in [6.07, 6.45) is 0. The first kappa shape index (κ1) is 13.9. The van der Waals surface area contributed by atoms with Gasteiger partial charge in [0.15, 0.2) is 0 Å². The number of hydrogen-bond acceptors (Lipinski definition) is 2. The number of aromatic nitrogens is 1. The minimum absolute atomic E-state index is 0.391. The Bertz CT molecular complexity index is 566. The van der Waals surface area contributed by atoms with Gasteiger partial charge in [-0.1, -0.05) is 26.0 Å². The summed E-state index contributed by atoms with van der Waals surface area (Å²) in [6.45, 7) is 6.48. The van der Waals surface area contributed by atoms with Gasteiger partial charge in [-0.2, -0.15) is 0 Å². The maximum Gasteiger partial charge on any atom is 0.219 e. The number of aryl methyl sites for hydroxylation is 1. The average molecular weight is 276 g/mol. The van der Waals surface area contributed by atoms with Crippen LogP contribution in [0.2, 0.25) is 0 Å². The van der Waals surface area contributed by atoms with E-state index in [1.54, 1.807) is 0 Å². The van der Waals surface area contributed by atoms with Crippen molar-refractivity contribution in [3.63, 3.8) is 0 Å². The summed E-state index contributed by atoms with van der Waals surface area (Å²) in [7, 11) is 0. The molecular formula is C16H18ClNO. The van der Waals surface area contributed by atoms with Crippen LogP contribution in [0.15, 0.2) is 36.4 Å². The molecule has 1 heterocycles. The number of benzene rings is 1. The smallest absolute Gasteiger partial charge is 0.219 e. The zero-order valence-corrected chi connectivity index (χ0v) is 12.2. The van der Waals surface area contributed by atoms with Crippen LogP contribution in [0.25, 0.3) is 0 Å². The van der Waals surface area contributed by atoms with Crippen LogP contribution in [0.3, 0.4) is 0 Å². The van der Waals surface area contributed by atoms with Gasteiger partial charge in [0.2, 0.25) is 5.88 Å². The van der Waals surface area contributed by atoms with Gasteiger partial charge < -0.3 is 4.74 Å². The van der Waals surface area contributed by atoms with Gasteiger partial charge in [-0.3, -0.25) is 0 Å². The highest BCUT2D eigenvalue weighted by atomic mass is 35.5. The molecule has 3 heteroatoms. The molecule has 0 fully saturated rings. The van der Waals surface area contributed by atoms with E-state index in [1.807, 2.05) is 30.3 Å². The van der Waals surface area contributed by atoms with Gasteiger partial charge in [-0.05, 0) is 42.2 Å². The van der Waals surface area contributed by atoms with Crippen LogP contribution >= 0.6 is 11.6 Å². The lowest BCUT2D eigenvalue weighted by atomic mass is 9.98. The van der Waals surface area contributed by atoms with Crippen molar-refractivity contribution in [3.05, 3.63) is 53.2 Å². The first-order valence-corrected chi connectivity index (χ1v) is 6.94. The fourth-order valence-electron chi connectivity index (χ4n) is 2.07. The molecule has 0 saturated heterocycles. The second kappa shape index (κ2) is 6.07. The Morgan fingerprint density at radius 2 is 2.00 bits per heavy atom. The first-order chi connectivity index (χ1) is 9.10. The third-order valence-electron chi connectivity index (χ3n) is 3.00. The summed E-state index contributed by atoms with van der Waals surface area (Å²) in [5.74, 6) is 2.30. The number of alkyl halides is 1. The van der Waals surface area contributed by atoms with Crippen molar-refractivity contribution in [1.82, 2.24) is 4.98 Å². The minimum Gasteiger partial charge on any atom is -0.439 e. The van der Waals surface area contributed by atoms with Gasteiger partial charge >= 0.3 is 0 Å². The third-order valence-corrected chi connectivity index (χ3v) is 3.28. The Morgan fingerprint density at radius 1 is 1.21 bits per heavy atom. The second-order valence-corrected chi connectivity index (χ2v) is 5.14. The molecule has 0 spiro atoms. The Morgan fingerprint density at radius 3 is 2.63 bits per heavy atom. The summed E-state index contributed by atoms with van der Waals surface area (Å²) in [6, 6.07) is 11.8. The summed E-state index contributed by atoms with van der Waals surface area (Å²) in [5.41, 5.74) is 3.39. The molecule has 0 N–H and O–H groups in total. The molecule has 2 nitrogen and oxygen atoms in total. The third kappa shape index (κ3) is 3.48. The summed E-state index contributed by atoms with van der Waals surface area (Å²) >= 11 is 5.76. The van der Waals surface area contributed by atoms with Gasteiger partial charge in [0.1, 0.15) is 5.75 Å². The van der Waals surface area contributed by atoms with Crippen molar-refractivity contribution < 1.29 is 4.74 Å². The molecule has 1 aromatic carbocycles. The molecule has 0 saturated carbocycles. The molecule has 1 aromatic heterocycles. The zero-order valence-electron chi connectivity index (χ0n) is 11.5. The van der Waals surface area contributed by atoms with Crippen molar-refractivity contribution in [2.45, 2.75) is 32.6 Å². The lowest BCUT2D eigenvalue weighted by Gasteiger charge is -2.12. The Kier molecular flexibility index (Phi) is 4.43. The van der Waals surface area contributed by atoms with E-state index in [4.69, 9.17) is 16.3 Å². The molecular weight excluding hydrogens is 258 g/mol. The van der Waals surface area contributed by atoms with Crippen molar-refractivity contribution in [1.29, 1.82) is 0 Å². The monoisotopic (exact) mass is 275 g/mol. The van der Waals surface area contributed by atoms with E-state index in [1.165, 1.54) is 11.1 Å². The SMILES string of the molecule is Cc1cc(Oc2cccc(CCl)n2)ccc1C(C)C. The van der Waals surface area contributed by atoms with Crippen molar-refractivity contribution in [2.24, 2.45) is 0 Å². The molecule has 0 aliphatic heterocycles. The van der Waals surface area contributed by atoms with Gasteiger partial charge in [-0.15, -0.1) is 11.6 Å². The number of pyridine rings is 1. The lowest BCUT2D eigenvalue weighted by Crippen LogP contribution is -1.94. The van der Waals surface area contributed by atoms with E-state index in [-0.39, 0.29) is 0 Å². The van der Waals surface area contributed by atoms with Crippen LogP contribution in [0, 0.1) is 6.92 Å². The van der Waals surface area contributed by atoms with Crippen molar-refractivity contribution in [3.8, 4) is 11.6 Å². The highest BCUT2D eigenvalue weighted by molar-refractivity contribution is 6.16. The largest absolute Gasteiger partial charge is 0.439 e. The molecule has 0 unspecified atom stereocenters. The van der Waals surface area contributed by atoms with E-state index in [0.717, 1.165) is 11.4 Å². The molecule has 0 atom stereocenters. The first-order valence-electron chi connectivity index (χ1n) is 6.40. The number of rotatable bonds is 4. The Balaban J connectivity index is 2.21. The van der Waals surface area contributed by atoms with E-state index >= 15 is 0 Å². The predicted molar refractivity (Wildman–Crippen MR) is 79.1 cm³/mol. The maximum absolute atomic E-state index is 5.77. The molecule has 2 aromatic rings. The van der Waals surface area contributed by atoms with Gasteiger partial charge in [0.05, 0.1) is 11.6 Å². The van der Waals surface area contributed by atoms with E-state index in [2.05, 4.69) is 31.8 Å². The van der Waals surface area contributed by atoms with Gasteiger partial charge in [-0.25, -0.2) is 4.98 Å². The molecule has 0 bridgehead atoms. The van der Waals surface area contributed by atoms with Crippen LogP contribution in [0.5, 0.6) is 11.6 Å². The highest BCUT2D eigenvalue weighted by Crippen LogP contribution is 2.26. The molecule has 0 aliphatic rings. The molecule has 100 valence electrons. The van der Waals surface area contributed by atoms with Gasteiger partial charge in [0.25, 0.3) is 0 Å². The maximum atomic E-state index is 5.77. The fourth-order valence-corrected chi connectivity index (χ4v) is 2.22. The predicted octanol–water partition coefficient (Wildman–Crippen LogP) is 5.04. The lowest BCUT2D eigenvalue weighted by molar-refractivity contribution is 0.461. The fraction of sp³-hybridized carbons (Fsp3) is 0.312. The topological polar surface area (TPSA) is 22.1 Å². The number of nitrogens with zero attached hydrogens (tertiary/aromatic N) is 1. The Labute approximate surface area is 119 Å². The normalized spacial score (nSPS) is 10.8. The van der Waals surface area contributed by atoms with Crippen molar-refractivity contribution in [2.75, 3.05) is 0 Å². The van der Waals surface area contributed by atoms with E-state index in [9.17, 15) is 0 Å².